The minimum Gasteiger partial charge on any atom is -0.193 e. The van der Waals surface area contributed by atoms with Gasteiger partial charge in [-0.15, -0.1) is 0 Å². The van der Waals surface area contributed by atoms with Crippen LogP contribution in [0.25, 0.3) is 16.3 Å². The highest BCUT2D eigenvalue weighted by Gasteiger charge is 2.17. The zero-order valence-electron chi connectivity index (χ0n) is 8.20. The van der Waals surface area contributed by atoms with Crippen molar-refractivity contribution in [2.75, 3.05) is 0 Å². The first kappa shape index (κ1) is 8.26. The number of allylic oxidation sites excluding steroid dienone is 2. The highest BCUT2D eigenvalue weighted by molar-refractivity contribution is 6.01. The van der Waals surface area contributed by atoms with Crippen molar-refractivity contribution in [3.63, 3.8) is 0 Å². The van der Waals surface area contributed by atoms with Crippen molar-refractivity contribution in [2.24, 2.45) is 0 Å². The first-order valence-electron chi connectivity index (χ1n) is 5.00. The monoisotopic (exact) mass is 191 g/mol. The van der Waals surface area contributed by atoms with Gasteiger partial charge in [0.2, 0.25) is 0 Å². The summed E-state index contributed by atoms with van der Waals surface area (Å²) in [4.78, 5) is 0. The van der Waals surface area contributed by atoms with Crippen LogP contribution >= 0.6 is 0 Å². The van der Waals surface area contributed by atoms with Crippen LogP contribution in [0.15, 0.2) is 42.5 Å². The molecule has 0 heterocycles. The molecule has 2 aromatic carbocycles. The molecule has 1 nitrogen and oxygen atoms in total. The second-order valence-corrected chi connectivity index (χ2v) is 3.80. The van der Waals surface area contributed by atoms with E-state index in [1.54, 1.807) is 6.08 Å². The molecule has 0 amide bonds. The number of nitriles is 1. The third kappa shape index (κ3) is 1.08. The molecular formula is C14H9N. The molecule has 0 spiro atoms. The number of nitrogens with zero attached hydrogens (tertiary/aromatic N) is 1. The summed E-state index contributed by atoms with van der Waals surface area (Å²) in [5, 5.41) is 11.3. The van der Waals surface area contributed by atoms with E-state index in [-0.39, 0.29) is 0 Å². The molecule has 1 aliphatic rings. The first-order chi connectivity index (χ1) is 7.40. The maximum atomic E-state index is 8.73. The van der Waals surface area contributed by atoms with Crippen LogP contribution in [0.2, 0.25) is 0 Å². The van der Waals surface area contributed by atoms with Gasteiger partial charge in [-0.05, 0) is 33.9 Å². The number of hydrogen-bond acceptors (Lipinski definition) is 1. The van der Waals surface area contributed by atoms with Gasteiger partial charge in [0.1, 0.15) is 0 Å². The molecule has 0 aromatic heterocycles. The van der Waals surface area contributed by atoms with Gasteiger partial charge in [0.15, 0.2) is 0 Å². The van der Waals surface area contributed by atoms with Gasteiger partial charge in [0, 0.05) is 6.08 Å². The van der Waals surface area contributed by atoms with Gasteiger partial charge >= 0.3 is 0 Å². The van der Waals surface area contributed by atoms with Crippen molar-refractivity contribution < 1.29 is 0 Å². The van der Waals surface area contributed by atoms with Crippen LogP contribution in [-0.2, 0) is 6.42 Å². The van der Waals surface area contributed by atoms with Gasteiger partial charge in [-0.1, -0.05) is 36.4 Å². The molecule has 0 saturated heterocycles. The summed E-state index contributed by atoms with van der Waals surface area (Å²) < 4.78 is 0. The van der Waals surface area contributed by atoms with Gasteiger partial charge in [-0.3, -0.25) is 0 Å². The summed E-state index contributed by atoms with van der Waals surface area (Å²) in [6.07, 6.45) is 2.55. The zero-order chi connectivity index (χ0) is 10.3. The van der Waals surface area contributed by atoms with E-state index in [1.165, 1.54) is 21.9 Å². The standard InChI is InChI=1S/C14H9N/c15-8-7-11-9-12-5-1-3-10-4-2-6-13(11)14(10)12/h1-7H,9H2/b11-7+. The predicted octanol–water partition coefficient (Wildman–Crippen LogP) is 3.30. The van der Waals surface area contributed by atoms with Crippen molar-refractivity contribution in [3.05, 3.63) is 53.6 Å². The van der Waals surface area contributed by atoms with Crippen LogP contribution in [0.1, 0.15) is 11.1 Å². The Kier molecular flexibility index (Phi) is 1.63. The summed E-state index contributed by atoms with van der Waals surface area (Å²) in [5.74, 6) is 0. The van der Waals surface area contributed by atoms with E-state index in [1.807, 2.05) is 0 Å². The fraction of sp³-hybridized carbons (Fsp3) is 0.0714. The molecule has 0 radical (unpaired) electrons. The number of hydrogen-bond donors (Lipinski definition) is 0. The maximum absolute atomic E-state index is 8.73. The Labute approximate surface area is 88.3 Å². The molecule has 15 heavy (non-hydrogen) atoms. The highest BCUT2D eigenvalue weighted by atomic mass is 14.2. The van der Waals surface area contributed by atoms with E-state index in [4.69, 9.17) is 5.26 Å². The third-order valence-corrected chi connectivity index (χ3v) is 2.96. The van der Waals surface area contributed by atoms with Crippen LogP contribution in [0.5, 0.6) is 0 Å². The first-order valence-corrected chi connectivity index (χ1v) is 5.00. The Hall–Kier alpha value is -2.07. The summed E-state index contributed by atoms with van der Waals surface area (Å²) in [6, 6.07) is 14.7. The van der Waals surface area contributed by atoms with Gasteiger partial charge in [-0.25, -0.2) is 0 Å². The van der Waals surface area contributed by atoms with Crippen molar-refractivity contribution in [2.45, 2.75) is 6.42 Å². The smallest absolute Gasteiger partial charge is 0.0915 e. The van der Waals surface area contributed by atoms with E-state index < -0.39 is 0 Å². The summed E-state index contributed by atoms with van der Waals surface area (Å²) in [7, 11) is 0. The molecule has 70 valence electrons. The van der Waals surface area contributed by atoms with Crippen LogP contribution in [0.3, 0.4) is 0 Å². The van der Waals surface area contributed by atoms with Crippen LogP contribution in [0, 0.1) is 11.3 Å². The van der Waals surface area contributed by atoms with Gasteiger partial charge < -0.3 is 0 Å². The summed E-state index contributed by atoms with van der Waals surface area (Å²) in [6.45, 7) is 0. The fourth-order valence-corrected chi connectivity index (χ4v) is 2.34. The average Bonchev–Trinajstić information content (AvgIpc) is 2.61. The number of rotatable bonds is 0. The molecule has 0 saturated carbocycles. The zero-order valence-corrected chi connectivity index (χ0v) is 8.20. The molecule has 3 rings (SSSR count). The van der Waals surface area contributed by atoms with Crippen molar-refractivity contribution in [3.8, 4) is 6.07 Å². The molecule has 0 bridgehead atoms. The lowest BCUT2D eigenvalue weighted by molar-refractivity contribution is 1.37. The van der Waals surface area contributed by atoms with Gasteiger partial charge in [0.05, 0.1) is 6.07 Å². The fourth-order valence-electron chi connectivity index (χ4n) is 2.34. The van der Waals surface area contributed by atoms with Crippen LogP contribution in [-0.4, -0.2) is 0 Å². The molecule has 1 heteroatoms. The Morgan fingerprint density at radius 3 is 2.73 bits per heavy atom. The average molecular weight is 191 g/mol. The Bertz CT molecular complexity index is 610. The second-order valence-electron chi connectivity index (χ2n) is 3.80. The lowest BCUT2D eigenvalue weighted by Gasteiger charge is -1.99. The molecule has 1 aliphatic carbocycles. The SMILES string of the molecule is N#C/C=C1\Cc2cccc3cccc1c23. The minimum absolute atomic E-state index is 0.893. The molecule has 2 aromatic rings. The lowest BCUT2D eigenvalue weighted by Crippen LogP contribution is -1.77. The minimum atomic E-state index is 0.893. The lowest BCUT2D eigenvalue weighted by atomic mass is 10.0. The van der Waals surface area contributed by atoms with Crippen molar-refractivity contribution in [1.29, 1.82) is 5.26 Å². The summed E-state index contributed by atoms with van der Waals surface area (Å²) in [5.41, 5.74) is 3.71. The molecule has 0 atom stereocenters. The normalized spacial score (nSPS) is 15.8. The Morgan fingerprint density at radius 2 is 1.93 bits per heavy atom. The van der Waals surface area contributed by atoms with E-state index >= 15 is 0 Å². The Balaban J connectivity index is 2.42. The predicted molar refractivity (Wildman–Crippen MR) is 61.2 cm³/mol. The van der Waals surface area contributed by atoms with E-state index in [0.717, 1.165) is 12.0 Å². The Morgan fingerprint density at radius 1 is 1.13 bits per heavy atom. The van der Waals surface area contributed by atoms with Gasteiger partial charge in [-0.2, -0.15) is 5.26 Å². The largest absolute Gasteiger partial charge is 0.193 e. The quantitative estimate of drug-likeness (QED) is 0.586. The molecule has 0 fully saturated rings. The second kappa shape index (κ2) is 2.96. The summed E-state index contributed by atoms with van der Waals surface area (Å²) >= 11 is 0. The maximum Gasteiger partial charge on any atom is 0.0915 e. The van der Waals surface area contributed by atoms with Crippen LogP contribution in [0.4, 0.5) is 0 Å². The van der Waals surface area contributed by atoms with Gasteiger partial charge in [0.25, 0.3) is 0 Å². The molecule has 0 N–H and O–H groups in total. The number of benzene rings is 2. The van der Waals surface area contributed by atoms with Crippen molar-refractivity contribution >= 4 is 16.3 Å². The third-order valence-electron chi connectivity index (χ3n) is 2.96. The molecular weight excluding hydrogens is 182 g/mol. The topological polar surface area (TPSA) is 23.8 Å². The van der Waals surface area contributed by atoms with E-state index in [9.17, 15) is 0 Å². The van der Waals surface area contributed by atoms with E-state index in [0.29, 0.717) is 0 Å². The molecule has 0 aliphatic heterocycles. The van der Waals surface area contributed by atoms with Crippen molar-refractivity contribution in [1.82, 2.24) is 0 Å². The molecule has 0 unspecified atom stereocenters. The van der Waals surface area contributed by atoms with E-state index in [2.05, 4.69) is 42.5 Å². The van der Waals surface area contributed by atoms with Crippen LogP contribution < -0.4 is 0 Å². The highest BCUT2D eigenvalue weighted by Crippen LogP contribution is 2.37.